The molecule has 1 aromatic heterocycles. The highest BCUT2D eigenvalue weighted by atomic mass is 32.2. The third-order valence-corrected chi connectivity index (χ3v) is 3.92. The van der Waals surface area contributed by atoms with Gasteiger partial charge in [-0.05, 0) is 57.3 Å². The Kier molecular flexibility index (Phi) is 9.71. The van der Waals surface area contributed by atoms with E-state index < -0.39 is 0 Å². The van der Waals surface area contributed by atoms with E-state index >= 15 is 0 Å². The third-order valence-electron chi connectivity index (χ3n) is 3.46. The van der Waals surface area contributed by atoms with Gasteiger partial charge >= 0.3 is 0 Å². The summed E-state index contributed by atoms with van der Waals surface area (Å²) in [5.74, 6) is 1.91. The molecule has 1 aliphatic carbocycles. The minimum absolute atomic E-state index is 0.201. The van der Waals surface area contributed by atoms with Crippen molar-refractivity contribution in [3.63, 3.8) is 0 Å². The maximum atomic E-state index is 10.4. The summed E-state index contributed by atoms with van der Waals surface area (Å²) in [6.07, 6.45) is 9.44. The van der Waals surface area contributed by atoms with Gasteiger partial charge in [0.1, 0.15) is 17.9 Å². The van der Waals surface area contributed by atoms with Gasteiger partial charge < -0.3 is 19.0 Å². The van der Waals surface area contributed by atoms with Crippen molar-refractivity contribution in [1.82, 2.24) is 4.98 Å². The van der Waals surface area contributed by atoms with Crippen LogP contribution in [0.4, 0.5) is 5.82 Å². The number of pyridine rings is 1. The molecular weight excluding hydrogens is 312 g/mol. The number of nitrogens with one attached hydrogen (secondary N) is 1. The minimum Gasteiger partial charge on any atom is -0.489 e. The van der Waals surface area contributed by atoms with Gasteiger partial charge in [0.15, 0.2) is 0 Å². The first kappa shape index (κ1) is 19.8. The number of aromatic nitrogens is 1. The van der Waals surface area contributed by atoms with E-state index in [1.165, 1.54) is 12.0 Å². The Morgan fingerprint density at radius 1 is 1.39 bits per heavy atom. The van der Waals surface area contributed by atoms with Gasteiger partial charge in [0, 0.05) is 19.2 Å². The quantitative estimate of drug-likeness (QED) is 0.625. The number of ether oxygens (including phenoxy) is 1. The standard InChI is InChI=1S/C9H14N2O.C8H14O2S/c1-7(2)12-8-4-5-9(10-3)11-6-8;1-11-10-8-4-2-3-7(5-8)6-9/h4-7H,1-3H3,(H,10,11);6-8H,2-5H2,1H3. The van der Waals surface area contributed by atoms with E-state index in [1.54, 1.807) is 6.20 Å². The van der Waals surface area contributed by atoms with Crippen molar-refractivity contribution in [1.29, 1.82) is 0 Å². The number of rotatable bonds is 6. The first-order chi connectivity index (χ1) is 11.1. The van der Waals surface area contributed by atoms with Gasteiger partial charge in [-0.3, -0.25) is 0 Å². The number of hydrogen-bond donors (Lipinski definition) is 1. The van der Waals surface area contributed by atoms with Gasteiger partial charge in [-0.15, -0.1) is 0 Å². The Hall–Kier alpha value is -1.27. The van der Waals surface area contributed by atoms with Crippen molar-refractivity contribution in [2.45, 2.75) is 51.7 Å². The monoisotopic (exact) mass is 340 g/mol. The molecular formula is C17H28N2O3S. The predicted molar refractivity (Wildman–Crippen MR) is 96.0 cm³/mol. The van der Waals surface area contributed by atoms with E-state index in [4.69, 9.17) is 8.92 Å². The number of hydrogen-bond acceptors (Lipinski definition) is 6. The molecule has 1 N–H and O–H groups in total. The molecule has 23 heavy (non-hydrogen) atoms. The van der Waals surface area contributed by atoms with Crippen molar-refractivity contribution in [3.05, 3.63) is 18.3 Å². The van der Waals surface area contributed by atoms with Crippen LogP contribution in [0, 0.1) is 5.92 Å². The smallest absolute Gasteiger partial charge is 0.138 e. The molecule has 130 valence electrons. The molecule has 1 aromatic rings. The van der Waals surface area contributed by atoms with Crippen molar-refractivity contribution in [2.24, 2.45) is 5.92 Å². The molecule has 2 rings (SSSR count). The number of aldehydes is 1. The second-order valence-corrected chi connectivity index (χ2v) is 6.27. The Morgan fingerprint density at radius 3 is 2.70 bits per heavy atom. The van der Waals surface area contributed by atoms with Crippen molar-refractivity contribution < 1.29 is 13.7 Å². The van der Waals surface area contributed by atoms with Gasteiger partial charge in [-0.25, -0.2) is 4.98 Å². The van der Waals surface area contributed by atoms with Crippen LogP contribution in [0.5, 0.6) is 5.75 Å². The summed E-state index contributed by atoms with van der Waals surface area (Å²) in [5.41, 5.74) is 0. The molecule has 0 radical (unpaired) electrons. The fraction of sp³-hybridized carbons (Fsp3) is 0.647. The zero-order valence-electron chi connectivity index (χ0n) is 14.5. The average molecular weight is 340 g/mol. The van der Waals surface area contributed by atoms with Crippen LogP contribution in [-0.2, 0) is 8.98 Å². The lowest BCUT2D eigenvalue weighted by molar-refractivity contribution is -0.112. The predicted octanol–water partition coefficient (Wildman–Crippen LogP) is 3.95. The van der Waals surface area contributed by atoms with Gasteiger partial charge in [-0.1, -0.05) is 6.42 Å². The zero-order chi connectivity index (χ0) is 17.1. The molecule has 1 fully saturated rings. The van der Waals surface area contributed by atoms with Crippen LogP contribution >= 0.6 is 12.0 Å². The molecule has 6 heteroatoms. The fourth-order valence-corrected chi connectivity index (χ4v) is 2.85. The van der Waals surface area contributed by atoms with Crippen LogP contribution in [0.2, 0.25) is 0 Å². The maximum Gasteiger partial charge on any atom is 0.138 e. The zero-order valence-corrected chi connectivity index (χ0v) is 15.3. The number of carbonyl (C=O) groups is 1. The van der Waals surface area contributed by atoms with E-state index in [-0.39, 0.29) is 12.0 Å². The van der Waals surface area contributed by atoms with E-state index in [9.17, 15) is 4.79 Å². The molecule has 1 aliphatic rings. The number of nitrogens with zero attached hydrogens (tertiary/aromatic N) is 1. The topological polar surface area (TPSA) is 60.4 Å². The van der Waals surface area contributed by atoms with Crippen LogP contribution in [-0.4, -0.2) is 36.8 Å². The second-order valence-electron chi connectivity index (χ2n) is 5.74. The molecule has 5 nitrogen and oxygen atoms in total. The van der Waals surface area contributed by atoms with E-state index in [2.05, 4.69) is 10.3 Å². The molecule has 0 aromatic carbocycles. The highest BCUT2D eigenvalue weighted by Crippen LogP contribution is 2.26. The minimum atomic E-state index is 0.201. The van der Waals surface area contributed by atoms with Gasteiger partial charge in [0.25, 0.3) is 0 Å². The highest BCUT2D eigenvalue weighted by molar-refractivity contribution is 7.93. The van der Waals surface area contributed by atoms with E-state index in [0.717, 1.165) is 43.5 Å². The molecule has 0 aliphatic heterocycles. The third kappa shape index (κ3) is 8.23. The molecule has 0 amide bonds. The van der Waals surface area contributed by atoms with Crippen molar-refractivity contribution in [2.75, 3.05) is 18.6 Å². The summed E-state index contributed by atoms with van der Waals surface area (Å²) < 4.78 is 10.8. The van der Waals surface area contributed by atoms with Crippen molar-refractivity contribution in [3.8, 4) is 5.75 Å². The van der Waals surface area contributed by atoms with Crippen LogP contribution in [0.25, 0.3) is 0 Å². The normalized spacial score (nSPS) is 20.4. The number of carbonyl (C=O) groups excluding carboxylic acids is 1. The summed E-state index contributed by atoms with van der Waals surface area (Å²) in [5, 5.41) is 2.94. The molecule has 0 spiro atoms. The summed E-state index contributed by atoms with van der Waals surface area (Å²) in [7, 11) is 1.84. The van der Waals surface area contributed by atoms with Crippen molar-refractivity contribution >= 4 is 24.1 Å². The van der Waals surface area contributed by atoms with Gasteiger partial charge in [0.05, 0.1) is 18.4 Å². The molecule has 1 heterocycles. The van der Waals surface area contributed by atoms with E-state index in [1.807, 2.05) is 39.3 Å². The van der Waals surface area contributed by atoms with E-state index in [0.29, 0.717) is 6.10 Å². The fourth-order valence-electron chi connectivity index (χ4n) is 2.40. The first-order valence-electron chi connectivity index (χ1n) is 8.04. The Balaban J connectivity index is 0.000000231. The second kappa shape index (κ2) is 11.3. The summed E-state index contributed by atoms with van der Waals surface area (Å²) in [6.45, 7) is 3.98. The van der Waals surface area contributed by atoms with Gasteiger partial charge in [-0.2, -0.15) is 0 Å². The Morgan fingerprint density at radius 2 is 2.17 bits per heavy atom. The summed E-state index contributed by atoms with van der Waals surface area (Å²) in [4.78, 5) is 14.6. The average Bonchev–Trinajstić information content (AvgIpc) is 2.56. The number of anilines is 1. The Labute approximate surface area is 143 Å². The molecule has 0 saturated heterocycles. The molecule has 1 saturated carbocycles. The highest BCUT2D eigenvalue weighted by Gasteiger charge is 2.21. The molecule has 2 unspecified atom stereocenters. The maximum absolute atomic E-state index is 10.4. The van der Waals surface area contributed by atoms with Crippen LogP contribution in [0.1, 0.15) is 39.5 Å². The lowest BCUT2D eigenvalue weighted by Crippen LogP contribution is -2.21. The largest absolute Gasteiger partial charge is 0.489 e. The van der Waals surface area contributed by atoms with Crippen LogP contribution in [0.15, 0.2) is 18.3 Å². The lowest BCUT2D eigenvalue weighted by Gasteiger charge is -2.24. The van der Waals surface area contributed by atoms with Crippen LogP contribution < -0.4 is 10.1 Å². The lowest BCUT2D eigenvalue weighted by atomic mass is 9.88. The SMILES string of the molecule is CNc1ccc(OC(C)C)cn1.CSOC1CCCC(C=O)C1. The van der Waals surface area contributed by atoms with Gasteiger partial charge in [0.2, 0.25) is 0 Å². The first-order valence-corrected chi connectivity index (χ1v) is 9.19. The summed E-state index contributed by atoms with van der Waals surface area (Å²) in [6, 6.07) is 3.79. The summed E-state index contributed by atoms with van der Waals surface area (Å²) >= 11 is 1.40. The molecule has 2 atom stereocenters. The Bertz CT molecular complexity index is 438. The van der Waals surface area contributed by atoms with Crippen LogP contribution in [0.3, 0.4) is 0 Å². The molecule has 0 bridgehead atoms.